The van der Waals surface area contributed by atoms with Gasteiger partial charge in [-0.05, 0) is 24.3 Å². The minimum Gasteiger partial charge on any atom is -0.348 e. The van der Waals surface area contributed by atoms with Gasteiger partial charge >= 0.3 is 0 Å². The van der Waals surface area contributed by atoms with E-state index in [0.717, 1.165) is 16.6 Å². The monoisotopic (exact) mass is 306 g/mol. The molecule has 0 unspecified atom stereocenters. The molecule has 0 radical (unpaired) electrons. The largest absolute Gasteiger partial charge is 0.348 e. The number of nitrogens with one attached hydrogen (secondary N) is 2. The van der Waals surface area contributed by atoms with E-state index < -0.39 is 0 Å². The van der Waals surface area contributed by atoms with Gasteiger partial charge in [-0.3, -0.25) is 9.59 Å². The topological polar surface area (TPSA) is 76.0 Å². The maximum Gasteiger partial charge on any atom is 0.251 e. The molecule has 0 bridgehead atoms. The number of carbonyl (C=O) groups excluding carboxylic acids is 2. The molecule has 1 aliphatic heterocycles. The summed E-state index contributed by atoms with van der Waals surface area (Å²) >= 11 is 0. The number of nitrogens with zero attached hydrogens (tertiary/aromatic N) is 2. The predicted molar refractivity (Wildman–Crippen MR) is 86.0 cm³/mol. The van der Waals surface area contributed by atoms with E-state index in [-0.39, 0.29) is 18.4 Å². The van der Waals surface area contributed by atoms with E-state index in [2.05, 4.69) is 15.6 Å². The third-order valence-corrected chi connectivity index (χ3v) is 3.96. The van der Waals surface area contributed by atoms with Crippen LogP contribution in [-0.2, 0) is 17.9 Å². The van der Waals surface area contributed by atoms with Crippen LogP contribution in [0.25, 0.3) is 11.0 Å². The Morgan fingerprint density at radius 2 is 2.09 bits per heavy atom. The lowest BCUT2D eigenvalue weighted by Crippen LogP contribution is -2.19. The summed E-state index contributed by atoms with van der Waals surface area (Å²) in [5.74, 6) is -0.252. The summed E-state index contributed by atoms with van der Waals surface area (Å²) < 4.78 is 1.80. The van der Waals surface area contributed by atoms with Gasteiger partial charge in [0.1, 0.15) is 6.54 Å². The third kappa shape index (κ3) is 2.34. The molecule has 0 atom stereocenters. The van der Waals surface area contributed by atoms with Crippen LogP contribution in [0.5, 0.6) is 0 Å². The third-order valence-electron chi connectivity index (χ3n) is 3.96. The average Bonchev–Trinajstić information content (AvgIpc) is 3.13. The molecule has 1 aliphatic rings. The molecule has 4 rings (SSSR count). The van der Waals surface area contributed by atoms with Gasteiger partial charge in [-0.15, -0.1) is 0 Å². The van der Waals surface area contributed by atoms with Crippen molar-refractivity contribution in [3.8, 4) is 0 Å². The molecule has 3 aromatic rings. The van der Waals surface area contributed by atoms with Crippen LogP contribution in [0.3, 0.4) is 0 Å². The molecule has 0 aliphatic carbocycles. The van der Waals surface area contributed by atoms with Crippen LogP contribution in [0.2, 0.25) is 0 Å². The quantitative estimate of drug-likeness (QED) is 0.776. The predicted octanol–water partition coefficient (Wildman–Crippen LogP) is 1.92. The van der Waals surface area contributed by atoms with Crippen LogP contribution in [-0.4, -0.2) is 21.4 Å². The smallest absolute Gasteiger partial charge is 0.251 e. The molecule has 1 aromatic heterocycles. The molecule has 2 heterocycles. The highest BCUT2D eigenvalue weighted by Crippen LogP contribution is 2.24. The average molecular weight is 306 g/mol. The van der Waals surface area contributed by atoms with Crippen molar-refractivity contribution < 1.29 is 9.59 Å². The molecule has 2 N–H and O–H groups in total. The van der Waals surface area contributed by atoms with E-state index in [0.29, 0.717) is 17.8 Å². The van der Waals surface area contributed by atoms with Gasteiger partial charge in [-0.1, -0.05) is 18.2 Å². The fraction of sp³-hybridized carbons (Fsp3) is 0.118. The number of benzene rings is 2. The van der Waals surface area contributed by atoms with Crippen molar-refractivity contribution in [3.63, 3.8) is 0 Å². The number of amides is 2. The molecular formula is C17H14N4O2. The first-order valence-electron chi connectivity index (χ1n) is 7.32. The number of rotatable bonds is 3. The Morgan fingerprint density at radius 1 is 1.22 bits per heavy atom. The summed E-state index contributed by atoms with van der Waals surface area (Å²) in [7, 11) is 0. The van der Waals surface area contributed by atoms with Crippen LogP contribution >= 0.6 is 0 Å². The highest BCUT2D eigenvalue weighted by Gasteiger charge is 2.22. The lowest BCUT2D eigenvalue weighted by Gasteiger charge is -2.10. The highest BCUT2D eigenvalue weighted by molar-refractivity contribution is 6.02. The SMILES string of the molecule is O=C(Cn1cnc2ccccc21)Nc1cccc2c1CNC2=O. The molecule has 0 fully saturated rings. The van der Waals surface area contributed by atoms with E-state index in [1.165, 1.54) is 0 Å². The van der Waals surface area contributed by atoms with E-state index >= 15 is 0 Å². The van der Waals surface area contributed by atoms with Gasteiger partial charge in [-0.2, -0.15) is 0 Å². The number of carbonyl (C=O) groups is 2. The molecule has 6 nitrogen and oxygen atoms in total. The number of fused-ring (bicyclic) bond motifs is 2. The first kappa shape index (κ1) is 13.5. The minimum absolute atomic E-state index is 0.100. The van der Waals surface area contributed by atoms with Crippen molar-refractivity contribution in [3.05, 3.63) is 59.9 Å². The van der Waals surface area contributed by atoms with Crippen LogP contribution in [0.15, 0.2) is 48.8 Å². The number of anilines is 1. The van der Waals surface area contributed by atoms with Crippen LogP contribution in [0, 0.1) is 0 Å². The Labute approximate surface area is 132 Å². The van der Waals surface area contributed by atoms with Crippen molar-refractivity contribution >= 4 is 28.5 Å². The molecule has 0 spiro atoms. The van der Waals surface area contributed by atoms with Crippen molar-refractivity contribution in [2.75, 3.05) is 5.32 Å². The maximum absolute atomic E-state index is 12.3. The molecule has 23 heavy (non-hydrogen) atoms. The summed E-state index contributed by atoms with van der Waals surface area (Å²) in [5.41, 5.74) is 3.90. The molecule has 6 heteroatoms. The van der Waals surface area contributed by atoms with Gasteiger partial charge in [0.25, 0.3) is 5.91 Å². The lowest BCUT2D eigenvalue weighted by molar-refractivity contribution is -0.116. The van der Waals surface area contributed by atoms with E-state index in [4.69, 9.17) is 0 Å². The molecule has 114 valence electrons. The van der Waals surface area contributed by atoms with Gasteiger partial charge in [0.2, 0.25) is 5.91 Å². The molecule has 0 saturated carbocycles. The number of hydrogen-bond acceptors (Lipinski definition) is 3. The summed E-state index contributed by atoms with van der Waals surface area (Å²) in [4.78, 5) is 28.3. The Bertz CT molecular complexity index is 929. The molecule has 2 aromatic carbocycles. The van der Waals surface area contributed by atoms with Crippen LogP contribution < -0.4 is 10.6 Å². The molecular weight excluding hydrogens is 292 g/mol. The first-order chi connectivity index (χ1) is 11.2. The first-order valence-corrected chi connectivity index (χ1v) is 7.32. The summed E-state index contributed by atoms with van der Waals surface area (Å²) in [6.07, 6.45) is 1.66. The second kappa shape index (κ2) is 5.24. The number of para-hydroxylation sites is 2. The van der Waals surface area contributed by atoms with Crippen molar-refractivity contribution in [1.82, 2.24) is 14.9 Å². The van der Waals surface area contributed by atoms with Crippen molar-refractivity contribution in [2.24, 2.45) is 0 Å². The standard InChI is InChI=1S/C17H14N4O2/c22-16(9-21-10-19-14-5-1-2-7-15(14)21)20-13-6-3-4-11-12(13)8-18-17(11)23/h1-7,10H,8-9H2,(H,18,23)(H,20,22). The fourth-order valence-electron chi connectivity index (χ4n) is 2.85. The van der Waals surface area contributed by atoms with E-state index in [9.17, 15) is 9.59 Å². The zero-order valence-corrected chi connectivity index (χ0v) is 12.2. The molecule has 2 amide bonds. The van der Waals surface area contributed by atoms with Crippen molar-refractivity contribution in [1.29, 1.82) is 0 Å². The summed E-state index contributed by atoms with van der Waals surface area (Å²) in [5, 5.41) is 5.65. The fourth-order valence-corrected chi connectivity index (χ4v) is 2.85. The summed E-state index contributed by atoms with van der Waals surface area (Å²) in [6.45, 7) is 0.615. The number of hydrogen-bond donors (Lipinski definition) is 2. The van der Waals surface area contributed by atoms with Gasteiger partial charge < -0.3 is 15.2 Å². The van der Waals surface area contributed by atoms with Crippen LogP contribution in [0.4, 0.5) is 5.69 Å². The number of aromatic nitrogens is 2. The highest BCUT2D eigenvalue weighted by atomic mass is 16.2. The van der Waals surface area contributed by atoms with E-state index in [1.807, 2.05) is 30.3 Å². The zero-order valence-electron chi connectivity index (χ0n) is 12.2. The van der Waals surface area contributed by atoms with Crippen LogP contribution in [0.1, 0.15) is 15.9 Å². The normalized spacial score (nSPS) is 13.0. The number of imidazole rings is 1. The Morgan fingerprint density at radius 3 is 3.00 bits per heavy atom. The van der Waals surface area contributed by atoms with E-state index in [1.54, 1.807) is 23.0 Å². The second-order valence-electron chi connectivity index (χ2n) is 5.42. The summed E-state index contributed by atoms with van der Waals surface area (Å²) in [6, 6.07) is 13.0. The van der Waals surface area contributed by atoms with Crippen molar-refractivity contribution in [2.45, 2.75) is 13.1 Å². The van der Waals surface area contributed by atoms with Gasteiger partial charge in [0.05, 0.1) is 17.4 Å². The Hall–Kier alpha value is -3.15. The maximum atomic E-state index is 12.3. The van der Waals surface area contributed by atoms with Gasteiger partial charge in [0, 0.05) is 23.4 Å². The van der Waals surface area contributed by atoms with Gasteiger partial charge in [0.15, 0.2) is 0 Å². The molecule has 0 saturated heterocycles. The zero-order chi connectivity index (χ0) is 15.8. The second-order valence-corrected chi connectivity index (χ2v) is 5.42. The lowest BCUT2D eigenvalue weighted by atomic mass is 10.1. The Balaban J connectivity index is 1.56. The minimum atomic E-state index is -0.152. The van der Waals surface area contributed by atoms with Gasteiger partial charge in [-0.25, -0.2) is 4.98 Å². The Kier molecular flexibility index (Phi) is 3.08.